The Labute approximate surface area is 330 Å². The standard InChI is InChI=1S/C51H30N4OS/c1-2-13-31(14-3-1)49-52-50(54-51(53-49)41-23-12-22-39-37-20-6-9-26-45(37)57-48(39)41)34-17-10-15-32(29-34)33-16-11-18-35(30-33)55-42-24-7-4-21-40(42)46-43(55)28-27-38-36-19-5-8-25-44(36)56-47(38)46/h1-30H. The molecular weight excluding hydrogens is 717 g/mol. The van der Waals surface area contributed by atoms with Gasteiger partial charge in [0, 0.05) is 58.7 Å². The monoisotopic (exact) mass is 746 g/mol. The lowest BCUT2D eigenvalue weighted by atomic mass is 10.0. The van der Waals surface area contributed by atoms with E-state index in [1.165, 1.54) is 20.2 Å². The molecule has 0 saturated carbocycles. The van der Waals surface area contributed by atoms with Crippen molar-refractivity contribution in [2.75, 3.05) is 0 Å². The molecule has 8 aromatic carbocycles. The number of hydrogen-bond acceptors (Lipinski definition) is 5. The second kappa shape index (κ2) is 12.6. The van der Waals surface area contributed by atoms with Gasteiger partial charge in [-0.05, 0) is 65.7 Å². The Balaban J connectivity index is 1.01. The van der Waals surface area contributed by atoms with Crippen LogP contribution in [0.2, 0.25) is 0 Å². The van der Waals surface area contributed by atoms with E-state index < -0.39 is 0 Å². The molecule has 0 aliphatic rings. The smallest absolute Gasteiger partial charge is 0.165 e. The Kier molecular flexibility index (Phi) is 7.03. The quantitative estimate of drug-likeness (QED) is 0.176. The molecule has 0 fully saturated rings. The average molecular weight is 747 g/mol. The third-order valence-electron chi connectivity index (χ3n) is 11.1. The van der Waals surface area contributed by atoms with Crippen molar-refractivity contribution in [3.8, 4) is 51.0 Å². The van der Waals surface area contributed by atoms with Crippen molar-refractivity contribution in [2.24, 2.45) is 0 Å². The minimum atomic E-state index is 0.632. The highest BCUT2D eigenvalue weighted by Crippen LogP contribution is 2.42. The van der Waals surface area contributed by atoms with Crippen LogP contribution in [-0.4, -0.2) is 19.5 Å². The van der Waals surface area contributed by atoms with Crippen molar-refractivity contribution >= 4 is 75.3 Å². The summed E-state index contributed by atoms with van der Waals surface area (Å²) in [4.78, 5) is 15.4. The summed E-state index contributed by atoms with van der Waals surface area (Å²) in [6.45, 7) is 0. The molecule has 12 rings (SSSR count). The van der Waals surface area contributed by atoms with Crippen molar-refractivity contribution in [2.45, 2.75) is 0 Å². The van der Waals surface area contributed by atoms with Crippen LogP contribution in [0.1, 0.15) is 0 Å². The topological polar surface area (TPSA) is 56.7 Å². The van der Waals surface area contributed by atoms with Crippen molar-refractivity contribution in [1.82, 2.24) is 19.5 Å². The molecule has 0 N–H and O–H groups in total. The van der Waals surface area contributed by atoms with Gasteiger partial charge in [0.25, 0.3) is 0 Å². The normalized spacial score (nSPS) is 11.9. The van der Waals surface area contributed by atoms with Gasteiger partial charge in [0.2, 0.25) is 0 Å². The van der Waals surface area contributed by atoms with E-state index in [9.17, 15) is 0 Å². The number of furan rings is 1. The first-order valence-corrected chi connectivity index (χ1v) is 19.8. The molecule has 0 spiro atoms. The fraction of sp³-hybridized carbons (Fsp3) is 0. The van der Waals surface area contributed by atoms with Crippen LogP contribution in [-0.2, 0) is 0 Å². The van der Waals surface area contributed by atoms with Crippen molar-refractivity contribution in [1.29, 1.82) is 0 Å². The van der Waals surface area contributed by atoms with Crippen LogP contribution in [0.15, 0.2) is 186 Å². The summed E-state index contributed by atoms with van der Waals surface area (Å²) in [6, 6.07) is 63.7. The van der Waals surface area contributed by atoms with Crippen molar-refractivity contribution in [3.05, 3.63) is 182 Å². The van der Waals surface area contributed by atoms with Crippen LogP contribution >= 0.6 is 11.3 Å². The number of benzene rings is 8. The van der Waals surface area contributed by atoms with Crippen molar-refractivity contribution < 1.29 is 4.42 Å². The van der Waals surface area contributed by atoms with E-state index in [1.807, 2.05) is 30.3 Å². The van der Waals surface area contributed by atoms with Gasteiger partial charge >= 0.3 is 0 Å². The number of rotatable bonds is 5. The zero-order chi connectivity index (χ0) is 37.5. The molecule has 57 heavy (non-hydrogen) atoms. The third-order valence-corrected chi connectivity index (χ3v) is 12.3. The van der Waals surface area contributed by atoms with Crippen LogP contribution in [0.25, 0.3) is 115 Å². The molecule has 4 aromatic heterocycles. The molecule has 0 amide bonds. The van der Waals surface area contributed by atoms with Gasteiger partial charge in [-0.25, -0.2) is 15.0 Å². The predicted octanol–water partition coefficient (Wildman–Crippen LogP) is 13.9. The van der Waals surface area contributed by atoms with Gasteiger partial charge in [0.15, 0.2) is 17.5 Å². The average Bonchev–Trinajstić information content (AvgIpc) is 3.96. The summed E-state index contributed by atoms with van der Waals surface area (Å²) in [7, 11) is 0. The Morgan fingerprint density at radius 1 is 0.421 bits per heavy atom. The lowest BCUT2D eigenvalue weighted by molar-refractivity contribution is 0.673. The Morgan fingerprint density at radius 3 is 1.96 bits per heavy atom. The zero-order valence-corrected chi connectivity index (χ0v) is 31.2. The van der Waals surface area contributed by atoms with Crippen LogP contribution < -0.4 is 0 Å². The summed E-state index contributed by atoms with van der Waals surface area (Å²) >= 11 is 1.78. The van der Waals surface area contributed by atoms with Gasteiger partial charge in [-0.15, -0.1) is 11.3 Å². The molecule has 0 saturated heterocycles. The number of fused-ring (bicyclic) bond motifs is 10. The van der Waals surface area contributed by atoms with Crippen LogP contribution in [0.4, 0.5) is 0 Å². The molecule has 0 bridgehead atoms. The van der Waals surface area contributed by atoms with Crippen LogP contribution in [0, 0.1) is 0 Å². The molecule has 0 aliphatic heterocycles. The lowest BCUT2D eigenvalue weighted by Crippen LogP contribution is -2.00. The second-order valence-corrected chi connectivity index (χ2v) is 15.4. The molecule has 12 aromatic rings. The maximum atomic E-state index is 6.55. The number of nitrogens with zero attached hydrogens (tertiary/aromatic N) is 4. The Morgan fingerprint density at radius 2 is 1.07 bits per heavy atom. The second-order valence-electron chi connectivity index (χ2n) is 14.4. The van der Waals surface area contributed by atoms with Gasteiger partial charge in [-0.1, -0.05) is 127 Å². The lowest BCUT2D eigenvalue weighted by Gasteiger charge is -2.12. The van der Waals surface area contributed by atoms with E-state index in [1.54, 1.807) is 11.3 Å². The largest absolute Gasteiger partial charge is 0.455 e. The van der Waals surface area contributed by atoms with Gasteiger partial charge in [0.05, 0.1) is 16.4 Å². The maximum Gasteiger partial charge on any atom is 0.165 e. The number of aromatic nitrogens is 4. The Bertz CT molecular complexity index is 3540. The predicted molar refractivity (Wildman–Crippen MR) is 236 cm³/mol. The molecule has 0 atom stereocenters. The van der Waals surface area contributed by atoms with Crippen LogP contribution in [0.5, 0.6) is 0 Å². The SMILES string of the molecule is c1ccc(-c2nc(-c3cccc(-c4cccc(-n5c6ccccc6c6c7oc8ccccc8c7ccc65)c4)c3)nc(-c3cccc4c3sc3ccccc34)n2)cc1. The van der Waals surface area contributed by atoms with Crippen LogP contribution in [0.3, 0.4) is 0 Å². The molecule has 266 valence electrons. The maximum absolute atomic E-state index is 6.55. The number of para-hydroxylation sites is 2. The van der Waals surface area contributed by atoms with Crippen molar-refractivity contribution in [3.63, 3.8) is 0 Å². The van der Waals surface area contributed by atoms with Gasteiger partial charge in [-0.2, -0.15) is 0 Å². The van der Waals surface area contributed by atoms with E-state index >= 15 is 0 Å². The third kappa shape index (κ3) is 5.04. The molecule has 0 unspecified atom stereocenters. The summed E-state index contributed by atoms with van der Waals surface area (Å²) in [5.41, 5.74) is 10.2. The first kappa shape index (κ1) is 31.9. The fourth-order valence-electron chi connectivity index (χ4n) is 8.44. The van der Waals surface area contributed by atoms with E-state index in [0.29, 0.717) is 17.5 Å². The highest BCUT2D eigenvalue weighted by molar-refractivity contribution is 7.26. The molecular formula is C51H30N4OS. The molecule has 0 radical (unpaired) electrons. The number of hydrogen-bond donors (Lipinski definition) is 0. The highest BCUT2D eigenvalue weighted by atomic mass is 32.1. The van der Waals surface area contributed by atoms with Gasteiger partial charge in [0.1, 0.15) is 11.2 Å². The van der Waals surface area contributed by atoms with Gasteiger partial charge < -0.3 is 8.98 Å². The summed E-state index contributed by atoms with van der Waals surface area (Å²) < 4.78 is 11.3. The van der Waals surface area contributed by atoms with E-state index in [-0.39, 0.29) is 0 Å². The molecule has 0 aliphatic carbocycles. The summed E-state index contributed by atoms with van der Waals surface area (Å²) in [6.07, 6.45) is 0. The number of thiophene rings is 1. The summed E-state index contributed by atoms with van der Waals surface area (Å²) in [5.74, 6) is 1.94. The fourth-order valence-corrected chi connectivity index (χ4v) is 9.65. The Hall–Kier alpha value is -7.41. The molecule has 4 heterocycles. The van der Waals surface area contributed by atoms with Gasteiger partial charge in [-0.3, -0.25) is 0 Å². The van der Waals surface area contributed by atoms with E-state index in [4.69, 9.17) is 19.4 Å². The highest BCUT2D eigenvalue weighted by Gasteiger charge is 2.20. The minimum absolute atomic E-state index is 0.632. The van der Waals surface area contributed by atoms with E-state index in [0.717, 1.165) is 77.2 Å². The minimum Gasteiger partial charge on any atom is -0.455 e. The summed E-state index contributed by atoms with van der Waals surface area (Å²) in [5, 5.41) is 7.00. The molecule has 6 heteroatoms. The zero-order valence-electron chi connectivity index (χ0n) is 30.4. The first-order chi connectivity index (χ1) is 28.2. The van der Waals surface area contributed by atoms with E-state index in [2.05, 4.69) is 156 Å². The molecule has 5 nitrogen and oxygen atoms in total. The first-order valence-electron chi connectivity index (χ1n) is 19.0.